The molecule has 2 aliphatic rings. The van der Waals surface area contributed by atoms with Gasteiger partial charge < -0.3 is 15.5 Å². The molecular formula is C19H29N3O. The summed E-state index contributed by atoms with van der Waals surface area (Å²) in [5.41, 5.74) is 7.28. The van der Waals surface area contributed by atoms with E-state index in [2.05, 4.69) is 9.80 Å². The molecule has 4 heteroatoms. The van der Waals surface area contributed by atoms with E-state index >= 15 is 0 Å². The average Bonchev–Trinajstić information content (AvgIpc) is 3.05. The zero-order chi connectivity index (χ0) is 16.1. The van der Waals surface area contributed by atoms with Gasteiger partial charge in [-0.05, 0) is 44.3 Å². The van der Waals surface area contributed by atoms with Crippen molar-refractivity contribution in [2.75, 3.05) is 26.2 Å². The molecule has 4 nitrogen and oxygen atoms in total. The summed E-state index contributed by atoms with van der Waals surface area (Å²) in [6.45, 7) is 4.34. The first-order chi connectivity index (χ1) is 11.2. The first-order valence-electron chi connectivity index (χ1n) is 9.06. The van der Waals surface area contributed by atoms with Crippen LogP contribution in [0.15, 0.2) is 30.3 Å². The summed E-state index contributed by atoms with van der Waals surface area (Å²) >= 11 is 0. The zero-order valence-electron chi connectivity index (χ0n) is 14.0. The van der Waals surface area contributed by atoms with Gasteiger partial charge in [-0.15, -0.1) is 0 Å². The van der Waals surface area contributed by atoms with Gasteiger partial charge in [0.05, 0.1) is 0 Å². The average molecular weight is 315 g/mol. The van der Waals surface area contributed by atoms with Gasteiger partial charge in [-0.1, -0.05) is 36.8 Å². The molecule has 2 atom stereocenters. The topological polar surface area (TPSA) is 49.6 Å². The molecule has 1 aromatic carbocycles. The smallest absolute Gasteiger partial charge is 0.224 e. The molecule has 2 saturated heterocycles. The lowest BCUT2D eigenvalue weighted by molar-refractivity contribution is -0.132. The van der Waals surface area contributed by atoms with E-state index in [9.17, 15) is 4.79 Å². The van der Waals surface area contributed by atoms with E-state index in [1.54, 1.807) is 0 Å². The van der Waals surface area contributed by atoms with Gasteiger partial charge in [0.1, 0.15) is 0 Å². The third-order valence-electron chi connectivity index (χ3n) is 5.24. The number of piperidine rings is 1. The van der Waals surface area contributed by atoms with Crippen molar-refractivity contribution in [2.24, 2.45) is 5.73 Å². The van der Waals surface area contributed by atoms with Crippen molar-refractivity contribution < 1.29 is 4.79 Å². The van der Waals surface area contributed by atoms with Crippen LogP contribution in [0.3, 0.4) is 0 Å². The molecule has 1 amide bonds. The van der Waals surface area contributed by atoms with Crippen LogP contribution in [0.5, 0.6) is 0 Å². The Balaban J connectivity index is 1.55. The number of carbonyl (C=O) groups is 1. The van der Waals surface area contributed by atoms with Crippen LogP contribution >= 0.6 is 0 Å². The highest BCUT2D eigenvalue weighted by Crippen LogP contribution is 2.23. The highest BCUT2D eigenvalue weighted by Gasteiger charge is 2.31. The molecule has 2 fully saturated rings. The summed E-state index contributed by atoms with van der Waals surface area (Å²) in [6, 6.07) is 10.2. The van der Waals surface area contributed by atoms with Gasteiger partial charge in [0.15, 0.2) is 0 Å². The van der Waals surface area contributed by atoms with Crippen LogP contribution in [0, 0.1) is 0 Å². The van der Waals surface area contributed by atoms with E-state index in [1.807, 2.05) is 30.3 Å². The fraction of sp³-hybridized carbons (Fsp3) is 0.632. The van der Waals surface area contributed by atoms with Crippen LogP contribution in [-0.4, -0.2) is 47.9 Å². The van der Waals surface area contributed by atoms with Crippen molar-refractivity contribution in [3.8, 4) is 0 Å². The van der Waals surface area contributed by atoms with Gasteiger partial charge in [-0.3, -0.25) is 4.79 Å². The van der Waals surface area contributed by atoms with Crippen molar-refractivity contribution in [3.05, 3.63) is 35.9 Å². The van der Waals surface area contributed by atoms with E-state index in [0.717, 1.165) is 31.5 Å². The molecule has 0 aromatic heterocycles. The van der Waals surface area contributed by atoms with Crippen molar-refractivity contribution in [2.45, 2.75) is 50.6 Å². The van der Waals surface area contributed by atoms with Crippen LogP contribution in [0.2, 0.25) is 0 Å². The third-order valence-corrected chi connectivity index (χ3v) is 5.24. The van der Waals surface area contributed by atoms with Gasteiger partial charge in [-0.25, -0.2) is 0 Å². The lowest BCUT2D eigenvalue weighted by atomic mass is 10.0. The van der Waals surface area contributed by atoms with E-state index in [4.69, 9.17) is 5.73 Å². The summed E-state index contributed by atoms with van der Waals surface area (Å²) in [5, 5.41) is 0. The third kappa shape index (κ3) is 4.33. The summed E-state index contributed by atoms with van der Waals surface area (Å²) in [7, 11) is 0. The second kappa shape index (κ2) is 7.93. The van der Waals surface area contributed by atoms with Crippen LogP contribution < -0.4 is 5.73 Å². The highest BCUT2D eigenvalue weighted by molar-refractivity contribution is 5.77. The number of nitrogens with two attached hydrogens (primary N) is 1. The maximum atomic E-state index is 12.7. The normalized spacial score (nSPS) is 23.9. The Kier molecular flexibility index (Phi) is 5.68. The van der Waals surface area contributed by atoms with Crippen LogP contribution in [-0.2, 0) is 4.79 Å². The number of nitrogens with zero attached hydrogens (tertiary/aromatic N) is 2. The molecule has 3 rings (SSSR count). The Morgan fingerprint density at radius 3 is 2.57 bits per heavy atom. The summed E-state index contributed by atoms with van der Waals surface area (Å²) in [4.78, 5) is 17.3. The van der Waals surface area contributed by atoms with Crippen molar-refractivity contribution in [1.82, 2.24) is 9.80 Å². The first-order valence-corrected chi connectivity index (χ1v) is 9.06. The number of hydrogen-bond donors (Lipinski definition) is 1. The van der Waals surface area contributed by atoms with E-state index < -0.39 is 0 Å². The molecule has 23 heavy (non-hydrogen) atoms. The SMILES string of the molecule is NC(CC(=O)N1CCCC1CN1CCCCC1)c1ccccc1. The Morgan fingerprint density at radius 1 is 1.09 bits per heavy atom. The quantitative estimate of drug-likeness (QED) is 0.908. The zero-order valence-corrected chi connectivity index (χ0v) is 14.0. The second-order valence-corrected chi connectivity index (χ2v) is 6.97. The highest BCUT2D eigenvalue weighted by atomic mass is 16.2. The Bertz CT molecular complexity index is 499. The summed E-state index contributed by atoms with van der Waals surface area (Å²) in [6.07, 6.45) is 6.66. The second-order valence-electron chi connectivity index (χ2n) is 6.97. The van der Waals surface area contributed by atoms with Gasteiger partial charge in [0.2, 0.25) is 5.91 Å². The van der Waals surface area contributed by atoms with Crippen molar-refractivity contribution >= 4 is 5.91 Å². The van der Waals surface area contributed by atoms with Crippen LogP contribution in [0.4, 0.5) is 0 Å². The molecule has 0 bridgehead atoms. The van der Waals surface area contributed by atoms with Crippen LogP contribution in [0.25, 0.3) is 0 Å². The molecule has 2 aliphatic heterocycles. The molecule has 0 spiro atoms. The standard InChI is InChI=1S/C19H29N3O/c20-18(16-8-3-1-4-9-16)14-19(23)22-13-7-10-17(22)15-21-11-5-2-6-12-21/h1,3-4,8-9,17-18H,2,5-7,10-15,20H2. The van der Waals surface area contributed by atoms with E-state index in [-0.39, 0.29) is 11.9 Å². The van der Waals surface area contributed by atoms with E-state index in [1.165, 1.54) is 32.4 Å². The minimum atomic E-state index is -0.195. The van der Waals surface area contributed by atoms with Gasteiger partial charge in [0, 0.05) is 31.6 Å². The van der Waals surface area contributed by atoms with Crippen molar-refractivity contribution in [1.29, 1.82) is 0 Å². The molecule has 0 aliphatic carbocycles. The number of amides is 1. The maximum absolute atomic E-state index is 12.7. The van der Waals surface area contributed by atoms with Gasteiger partial charge >= 0.3 is 0 Å². The fourth-order valence-electron chi connectivity index (χ4n) is 3.92. The van der Waals surface area contributed by atoms with Crippen LogP contribution in [0.1, 0.15) is 50.1 Å². The summed E-state index contributed by atoms with van der Waals surface area (Å²) < 4.78 is 0. The molecule has 0 radical (unpaired) electrons. The molecule has 1 aromatic rings. The molecule has 0 saturated carbocycles. The molecule has 2 heterocycles. The molecule has 126 valence electrons. The fourth-order valence-corrected chi connectivity index (χ4v) is 3.92. The summed E-state index contributed by atoms with van der Waals surface area (Å²) in [5.74, 6) is 0.223. The monoisotopic (exact) mass is 315 g/mol. The Hall–Kier alpha value is -1.39. The maximum Gasteiger partial charge on any atom is 0.224 e. The first kappa shape index (κ1) is 16.5. The minimum Gasteiger partial charge on any atom is -0.338 e. The van der Waals surface area contributed by atoms with E-state index in [0.29, 0.717) is 12.5 Å². The predicted molar refractivity (Wildman–Crippen MR) is 93.0 cm³/mol. The molecular weight excluding hydrogens is 286 g/mol. The largest absolute Gasteiger partial charge is 0.338 e. The van der Waals surface area contributed by atoms with Gasteiger partial charge in [-0.2, -0.15) is 0 Å². The number of carbonyl (C=O) groups excluding carboxylic acids is 1. The Labute approximate surface area is 139 Å². The lowest BCUT2D eigenvalue weighted by Crippen LogP contribution is -2.45. The van der Waals surface area contributed by atoms with Gasteiger partial charge in [0.25, 0.3) is 0 Å². The number of rotatable bonds is 5. The molecule has 2 unspecified atom stereocenters. The molecule has 2 N–H and O–H groups in total. The Morgan fingerprint density at radius 2 is 1.83 bits per heavy atom. The number of hydrogen-bond acceptors (Lipinski definition) is 3. The predicted octanol–water partition coefficient (Wildman–Crippen LogP) is 2.55. The number of likely N-dealkylation sites (tertiary alicyclic amines) is 2. The minimum absolute atomic E-state index is 0.195. The number of benzene rings is 1. The lowest BCUT2D eigenvalue weighted by Gasteiger charge is -2.33. The van der Waals surface area contributed by atoms with Crippen molar-refractivity contribution in [3.63, 3.8) is 0 Å².